The molecule has 1 aliphatic carbocycles. The monoisotopic (exact) mass is 333 g/mol. The number of nitrogens with two attached hydrogens (primary N) is 1. The summed E-state index contributed by atoms with van der Waals surface area (Å²) < 4.78 is 27.6. The lowest BCUT2D eigenvalue weighted by Gasteiger charge is -2.18. The second-order valence-electron chi connectivity index (χ2n) is 5.38. The standard InChI is InChI=1S/C15H15N3O4S/c16-15-11-6-2-1-5-10(11)9-12(15)17-23(21,22)14-8-4-3-7-13(14)18(19)20/h1-8,12,15,17H,9,16H2/t12-,15-/m1/s1. The highest BCUT2D eigenvalue weighted by atomic mass is 32.2. The minimum atomic E-state index is -4.04. The van der Waals surface area contributed by atoms with E-state index in [9.17, 15) is 18.5 Å². The molecule has 8 heteroatoms. The summed E-state index contributed by atoms with van der Waals surface area (Å²) in [5.41, 5.74) is 7.53. The third-order valence-electron chi connectivity index (χ3n) is 3.95. The molecule has 2 atom stereocenters. The van der Waals surface area contributed by atoms with Gasteiger partial charge in [0, 0.05) is 18.2 Å². The highest BCUT2D eigenvalue weighted by molar-refractivity contribution is 7.89. The smallest absolute Gasteiger partial charge is 0.289 e. The molecule has 2 aromatic rings. The Kier molecular flexibility index (Phi) is 3.88. The maximum atomic E-state index is 12.5. The average molecular weight is 333 g/mol. The van der Waals surface area contributed by atoms with Crippen LogP contribution in [0.15, 0.2) is 53.4 Å². The third kappa shape index (κ3) is 2.83. The fraction of sp³-hybridized carbons (Fsp3) is 0.200. The number of nitro groups is 1. The maximum Gasteiger partial charge on any atom is 0.289 e. The van der Waals surface area contributed by atoms with Crippen LogP contribution in [0.4, 0.5) is 5.69 Å². The van der Waals surface area contributed by atoms with Crippen LogP contribution in [0.1, 0.15) is 17.2 Å². The minimum absolute atomic E-state index is 0.354. The van der Waals surface area contributed by atoms with Crippen LogP contribution in [-0.4, -0.2) is 19.4 Å². The van der Waals surface area contributed by atoms with Crippen LogP contribution < -0.4 is 10.5 Å². The zero-order chi connectivity index (χ0) is 16.6. The van der Waals surface area contributed by atoms with Gasteiger partial charge in [-0.3, -0.25) is 10.1 Å². The largest absolute Gasteiger partial charge is 0.323 e. The molecular formula is C15H15N3O4S. The number of benzene rings is 2. The number of fused-ring (bicyclic) bond motifs is 1. The van der Waals surface area contributed by atoms with Crippen LogP contribution in [0.5, 0.6) is 0 Å². The summed E-state index contributed by atoms with van der Waals surface area (Å²) in [5, 5.41) is 11.0. The van der Waals surface area contributed by atoms with Crippen molar-refractivity contribution in [1.82, 2.24) is 4.72 Å². The van der Waals surface area contributed by atoms with E-state index in [2.05, 4.69) is 4.72 Å². The first-order valence-corrected chi connectivity index (χ1v) is 8.47. The van der Waals surface area contributed by atoms with Crippen molar-refractivity contribution < 1.29 is 13.3 Å². The van der Waals surface area contributed by atoms with Crippen LogP contribution in [0.25, 0.3) is 0 Å². The summed E-state index contributed by atoms with van der Waals surface area (Å²) >= 11 is 0. The topological polar surface area (TPSA) is 115 Å². The van der Waals surface area contributed by atoms with Crippen molar-refractivity contribution in [3.63, 3.8) is 0 Å². The molecule has 0 fully saturated rings. The highest BCUT2D eigenvalue weighted by Crippen LogP contribution is 2.31. The Morgan fingerprint density at radius 1 is 1.13 bits per heavy atom. The second-order valence-corrected chi connectivity index (χ2v) is 7.06. The molecule has 7 nitrogen and oxygen atoms in total. The maximum absolute atomic E-state index is 12.5. The second kappa shape index (κ2) is 5.73. The lowest BCUT2D eigenvalue weighted by atomic mass is 10.1. The molecule has 23 heavy (non-hydrogen) atoms. The van der Waals surface area contributed by atoms with Crippen molar-refractivity contribution in [2.24, 2.45) is 5.73 Å². The Balaban J connectivity index is 1.91. The van der Waals surface area contributed by atoms with Crippen molar-refractivity contribution in [3.8, 4) is 0 Å². The summed E-state index contributed by atoms with van der Waals surface area (Å²) in [5.74, 6) is 0. The molecule has 0 saturated carbocycles. The molecule has 0 amide bonds. The van der Waals surface area contributed by atoms with Crippen LogP contribution in [0.3, 0.4) is 0 Å². The zero-order valence-corrected chi connectivity index (χ0v) is 12.9. The number of sulfonamides is 1. The highest BCUT2D eigenvalue weighted by Gasteiger charge is 2.35. The van der Waals surface area contributed by atoms with Crippen molar-refractivity contribution in [1.29, 1.82) is 0 Å². The molecule has 3 N–H and O–H groups in total. The number of hydrogen-bond acceptors (Lipinski definition) is 5. The first-order valence-electron chi connectivity index (χ1n) is 6.99. The summed E-state index contributed by atoms with van der Waals surface area (Å²) in [7, 11) is -4.04. The van der Waals surface area contributed by atoms with Gasteiger partial charge in [-0.1, -0.05) is 36.4 Å². The molecule has 0 spiro atoms. The number of nitrogens with one attached hydrogen (secondary N) is 1. The lowest BCUT2D eigenvalue weighted by molar-refractivity contribution is -0.387. The molecule has 0 bridgehead atoms. The first kappa shape index (κ1) is 15.6. The lowest BCUT2D eigenvalue weighted by Crippen LogP contribution is -2.40. The van der Waals surface area contributed by atoms with Gasteiger partial charge in [0.2, 0.25) is 10.0 Å². The summed E-state index contributed by atoms with van der Waals surface area (Å²) in [6.45, 7) is 0. The normalized spacial score (nSPS) is 20.2. The van der Waals surface area contributed by atoms with Crippen LogP contribution >= 0.6 is 0 Å². The fourth-order valence-corrected chi connectivity index (χ4v) is 4.27. The number of para-hydroxylation sites is 1. The molecule has 2 aromatic carbocycles. The van der Waals surface area contributed by atoms with Gasteiger partial charge < -0.3 is 5.73 Å². The van der Waals surface area contributed by atoms with E-state index in [1.54, 1.807) is 0 Å². The number of hydrogen-bond donors (Lipinski definition) is 2. The van der Waals surface area contributed by atoms with Gasteiger partial charge in [0.05, 0.1) is 4.92 Å². The zero-order valence-electron chi connectivity index (χ0n) is 12.0. The Bertz CT molecular complexity index is 867. The van der Waals surface area contributed by atoms with Crippen LogP contribution in [0.2, 0.25) is 0 Å². The summed E-state index contributed by atoms with van der Waals surface area (Å²) in [6, 6.07) is 11.7. The van der Waals surface area contributed by atoms with E-state index in [1.807, 2.05) is 24.3 Å². The number of nitrogens with zero attached hydrogens (tertiary/aromatic N) is 1. The summed E-state index contributed by atoms with van der Waals surface area (Å²) in [6.07, 6.45) is 0.456. The fourth-order valence-electron chi connectivity index (χ4n) is 2.84. The number of nitro benzene ring substituents is 1. The third-order valence-corrected chi connectivity index (χ3v) is 5.48. The number of rotatable bonds is 4. The molecule has 0 aromatic heterocycles. The predicted octanol–water partition coefficient (Wildman–Crippen LogP) is 1.50. The van der Waals surface area contributed by atoms with Gasteiger partial charge in [-0.2, -0.15) is 0 Å². The van der Waals surface area contributed by atoms with Crippen LogP contribution in [0, 0.1) is 10.1 Å². The van der Waals surface area contributed by atoms with Crippen LogP contribution in [-0.2, 0) is 16.4 Å². The van der Waals surface area contributed by atoms with Crippen molar-refractivity contribution in [2.45, 2.75) is 23.4 Å². The van der Waals surface area contributed by atoms with Crippen molar-refractivity contribution in [3.05, 3.63) is 69.8 Å². The molecule has 0 aliphatic heterocycles. The van der Waals surface area contributed by atoms with Gasteiger partial charge in [-0.25, -0.2) is 13.1 Å². The molecule has 0 heterocycles. The Labute approximate surface area is 133 Å². The van der Waals surface area contributed by atoms with Gasteiger partial charge in [-0.05, 0) is 23.6 Å². The molecule has 0 saturated heterocycles. The molecule has 3 rings (SSSR count). The van der Waals surface area contributed by atoms with E-state index in [-0.39, 0.29) is 4.90 Å². The van der Waals surface area contributed by atoms with E-state index in [0.29, 0.717) is 6.42 Å². The average Bonchev–Trinajstić information content (AvgIpc) is 2.83. The SMILES string of the molecule is N[C@@H]1c2ccccc2C[C@H]1NS(=O)(=O)c1ccccc1[N+](=O)[O-]. The van der Waals surface area contributed by atoms with Gasteiger partial charge >= 0.3 is 0 Å². The van der Waals surface area contributed by atoms with Crippen molar-refractivity contribution >= 4 is 15.7 Å². The first-order chi connectivity index (χ1) is 10.9. The molecule has 120 valence electrons. The summed E-state index contributed by atoms with van der Waals surface area (Å²) in [4.78, 5) is 9.97. The van der Waals surface area contributed by atoms with E-state index in [1.165, 1.54) is 18.2 Å². The molecule has 1 aliphatic rings. The minimum Gasteiger partial charge on any atom is -0.323 e. The Morgan fingerprint density at radius 3 is 2.48 bits per heavy atom. The van der Waals surface area contributed by atoms with Crippen molar-refractivity contribution in [2.75, 3.05) is 0 Å². The quantitative estimate of drug-likeness (QED) is 0.650. The van der Waals surface area contributed by atoms with E-state index < -0.39 is 32.7 Å². The van der Waals surface area contributed by atoms with Gasteiger partial charge in [0.15, 0.2) is 4.90 Å². The predicted molar refractivity (Wildman–Crippen MR) is 84.3 cm³/mol. The van der Waals surface area contributed by atoms with Gasteiger partial charge in [-0.15, -0.1) is 0 Å². The molecule has 0 unspecified atom stereocenters. The van der Waals surface area contributed by atoms with Gasteiger partial charge in [0.1, 0.15) is 0 Å². The Hall–Kier alpha value is -2.29. The van der Waals surface area contributed by atoms with E-state index >= 15 is 0 Å². The molecular weight excluding hydrogens is 318 g/mol. The van der Waals surface area contributed by atoms with E-state index in [0.717, 1.165) is 17.2 Å². The Morgan fingerprint density at radius 2 is 1.78 bits per heavy atom. The molecule has 0 radical (unpaired) electrons. The van der Waals surface area contributed by atoms with Gasteiger partial charge in [0.25, 0.3) is 5.69 Å². The van der Waals surface area contributed by atoms with E-state index in [4.69, 9.17) is 5.73 Å².